The molecule has 0 aliphatic heterocycles. The maximum absolute atomic E-state index is 12.2. The molecule has 0 atom stereocenters. The lowest BCUT2D eigenvalue weighted by molar-refractivity contribution is 0.603. The van der Waals surface area contributed by atoms with E-state index in [-0.39, 0.29) is 10.0 Å². The van der Waals surface area contributed by atoms with E-state index in [9.17, 15) is 8.42 Å². The number of nitrogens with zero attached hydrogens (tertiary/aromatic N) is 2. The predicted octanol–water partition coefficient (Wildman–Crippen LogP) is 4.21. The third kappa shape index (κ3) is 4.28. The largest absolute Gasteiger partial charge is 0.354 e. The van der Waals surface area contributed by atoms with Crippen molar-refractivity contribution in [2.24, 2.45) is 0 Å². The molecule has 0 unspecified atom stereocenters. The number of hydrogen-bond acceptors (Lipinski definition) is 6. The summed E-state index contributed by atoms with van der Waals surface area (Å²) in [7, 11) is -3.70. The zero-order valence-corrected chi connectivity index (χ0v) is 15.0. The van der Waals surface area contributed by atoms with Crippen molar-refractivity contribution in [3.8, 4) is 6.07 Å². The van der Waals surface area contributed by atoms with Crippen molar-refractivity contribution in [2.45, 2.75) is 4.21 Å². The second-order valence-electron chi connectivity index (χ2n) is 4.91. The number of aromatic nitrogens is 1. The molecular weight excluding hydrogens is 380 g/mol. The first-order valence-corrected chi connectivity index (χ1v) is 9.65. The number of halogens is 1. The Bertz CT molecular complexity index is 1020. The van der Waals surface area contributed by atoms with Gasteiger partial charge in [0.05, 0.1) is 27.9 Å². The number of sulfonamides is 1. The SMILES string of the molecule is N#Cc1ccc(Nc2ccc(NS(=O)(=O)c3ccc(Cl)s3)nc2)cc1. The van der Waals surface area contributed by atoms with E-state index in [2.05, 4.69) is 15.0 Å². The number of nitriles is 1. The Morgan fingerprint density at radius 2 is 1.76 bits per heavy atom. The molecular formula is C16H11ClN4O2S2. The van der Waals surface area contributed by atoms with Crippen molar-refractivity contribution in [3.05, 3.63) is 64.6 Å². The zero-order valence-electron chi connectivity index (χ0n) is 12.6. The Kier molecular flexibility index (Phi) is 4.90. The number of benzene rings is 1. The quantitative estimate of drug-likeness (QED) is 0.680. The lowest BCUT2D eigenvalue weighted by Gasteiger charge is -2.08. The molecule has 6 nitrogen and oxygen atoms in total. The first kappa shape index (κ1) is 17.2. The van der Waals surface area contributed by atoms with Crippen LogP contribution in [-0.2, 0) is 10.0 Å². The van der Waals surface area contributed by atoms with Crippen molar-refractivity contribution in [2.75, 3.05) is 10.0 Å². The van der Waals surface area contributed by atoms with Crippen LogP contribution in [-0.4, -0.2) is 13.4 Å². The van der Waals surface area contributed by atoms with Crippen LogP contribution in [0.3, 0.4) is 0 Å². The van der Waals surface area contributed by atoms with Crippen molar-refractivity contribution >= 4 is 50.2 Å². The van der Waals surface area contributed by atoms with Gasteiger partial charge in [-0.3, -0.25) is 4.72 Å². The maximum atomic E-state index is 12.2. The fraction of sp³-hybridized carbons (Fsp3) is 0. The molecule has 0 saturated carbocycles. The lowest BCUT2D eigenvalue weighted by atomic mass is 10.2. The molecule has 0 aliphatic rings. The summed E-state index contributed by atoms with van der Waals surface area (Å²) < 4.78 is 27.3. The topological polar surface area (TPSA) is 94.9 Å². The van der Waals surface area contributed by atoms with Gasteiger partial charge < -0.3 is 5.32 Å². The molecule has 0 aliphatic carbocycles. The molecule has 126 valence electrons. The highest BCUT2D eigenvalue weighted by Gasteiger charge is 2.17. The van der Waals surface area contributed by atoms with Crippen LogP contribution >= 0.6 is 22.9 Å². The fourth-order valence-corrected chi connectivity index (χ4v) is 4.44. The molecule has 25 heavy (non-hydrogen) atoms. The second-order valence-corrected chi connectivity index (χ2v) is 8.53. The number of nitrogens with one attached hydrogen (secondary N) is 2. The van der Waals surface area contributed by atoms with Crippen molar-refractivity contribution in [3.63, 3.8) is 0 Å². The van der Waals surface area contributed by atoms with Crippen LogP contribution in [0.25, 0.3) is 0 Å². The van der Waals surface area contributed by atoms with E-state index in [0.29, 0.717) is 15.6 Å². The third-order valence-electron chi connectivity index (χ3n) is 3.12. The van der Waals surface area contributed by atoms with Crippen molar-refractivity contribution in [1.29, 1.82) is 5.26 Å². The van der Waals surface area contributed by atoms with Gasteiger partial charge in [-0.15, -0.1) is 11.3 Å². The zero-order chi connectivity index (χ0) is 17.9. The van der Waals surface area contributed by atoms with Gasteiger partial charge in [0.2, 0.25) is 0 Å². The highest BCUT2D eigenvalue weighted by molar-refractivity contribution is 7.94. The highest BCUT2D eigenvalue weighted by Crippen LogP contribution is 2.27. The summed E-state index contributed by atoms with van der Waals surface area (Å²) in [5.74, 6) is 0.204. The van der Waals surface area contributed by atoms with Gasteiger partial charge in [-0.25, -0.2) is 13.4 Å². The number of thiophene rings is 1. The Morgan fingerprint density at radius 1 is 1.04 bits per heavy atom. The van der Waals surface area contributed by atoms with Crippen LogP contribution in [0.1, 0.15) is 5.56 Å². The second kappa shape index (κ2) is 7.11. The van der Waals surface area contributed by atoms with Crippen LogP contribution in [0.2, 0.25) is 4.34 Å². The molecule has 2 aromatic heterocycles. The summed E-state index contributed by atoms with van der Waals surface area (Å²) in [5.41, 5.74) is 2.05. The lowest BCUT2D eigenvalue weighted by Crippen LogP contribution is -2.12. The van der Waals surface area contributed by atoms with E-state index in [1.165, 1.54) is 18.3 Å². The first-order chi connectivity index (χ1) is 12.0. The van der Waals surface area contributed by atoms with Crippen molar-refractivity contribution in [1.82, 2.24) is 4.98 Å². The van der Waals surface area contributed by atoms with Crippen LogP contribution < -0.4 is 10.0 Å². The number of pyridine rings is 1. The molecule has 0 spiro atoms. The molecule has 3 rings (SSSR count). The summed E-state index contributed by atoms with van der Waals surface area (Å²) in [6.07, 6.45) is 1.51. The highest BCUT2D eigenvalue weighted by atomic mass is 35.5. The van der Waals surface area contributed by atoms with Gasteiger partial charge in [-0.05, 0) is 48.5 Å². The van der Waals surface area contributed by atoms with Gasteiger partial charge >= 0.3 is 0 Å². The van der Waals surface area contributed by atoms with Crippen LogP contribution in [0.5, 0.6) is 0 Å². The van der Waals surface area contributed by atoms with Crippen LogP contribution in [0.4, 0.5) is 17.2 Å². The van der Waals surface area contributed by atoms with Gasteiger partial charge in [0.1, 0.15) is 10.0 Å². The van der Waals surface area contributed by atoms with E-state index >= 15 is 0 Å². The van der Waals surface area contributed by atoms with E-state index in [1.54, 1.807) is 36.4 Å². The molecule has 1 aromatic carbocycles. The summed E-state index contributed by atoms with van der Waals surface area (Å²) in [5, 5.41) is 11.9. The Morgan fingerprint density at radius 3 is 2.32 bits per heavy atom. The van der Waals surface area contributed by atoms with E-state index in [4.69, 9.17) is 16.9 Å². The molecule has 0 radical (unpaired) electrons. The average Bonchev–Trinajstić information content (AvgIpc) is 3.05. The maximum Gasteiger partial charge on any atom is 0.272 e. The third-order valence-corrected chi connectivity index (χ3v) is 6.20. The van der Waals surface area contributed by atoms with Gasteiger partial charge in [0, 0.05) is 5.69 Å². The molecule has 2 N–H and O–H groups in total. The Hall–Kier alpha value is -2.60. The van der Waals surface area contributed by atoms with Crippen LogP contribution in [0.15, 0.2) is 58.9 Å². The number of anilines is 3. The van der Waals surface area contributed by atoms with Gasteiger partial charge in [0.25, 0.3) is 10.0 Å². The van der Waals surface area contributed by atoms with E-state index < -0.39 is 10.0 Å². The number of hydrogen-bond donors (Lipinski definition) is 2. The van der Waals surface area contributed by atoms with E-state index in [1.807, 2.05) is 6.07 Å². The van der Waals surface area contributed by atoms with Gasteiger partial charge in [0.15, 0.2) is 0 Å². The normalized spacial score (nSPS) is 10.9. The molecule has 9 heteroatoms. The van der Waals surface area contributed by atoms with E-state index in [0.717, 1.165) is 17.0 Å². The number of rotatable bonds is 5. The van der Waals surface area contributed by atoms with Gasteiger partial charge in [-0.2, -0.15) is 5.26 Å². The summed E-state index contributed by atoms with van der Waals surface area (Å²) in [4.78, 5) is 4.09. The Labute approximate surface area is 153 Å². The van der Waals surface area contributed by atoms with Gasteiger partial charge in [-0.1, -0.05) is 11.6 Å². The summed E-state index contributed by atoms with van der Waals surface area (Å²) in [6, 6.07) is 15.2. The molecule has 3 aromatic rings. The van der Waals surface area contributed by atoms with Crippen LogP contribution in [0, 0.1) is 11.3 Å². The summed E-state index contributed by atoms with van der Waals surface area (Å²) >= 11 is 6.74. The molecule has 2 heterocycles. The molecule has 0 amide bonds. The minimum absolute atomic E-state index is 0.124. The molecule has 0 bridgehead atoms. The molecule has 0 saturated heterocycles. The average molecular weight is 391 g/mol. The molecule has 0 fully saturated rings. The minimum atomic E-state index is -3.70. The van der Waals surface area contributed by atoms with Crippen molar-refractivity contribution < 1.29 is 8.42 Å². The standard InChI is InChI=1S/C16H11ClN4O2S2/c17-14-6-8-16(24-14)25(22,23)21-15-7-5-13(10-19-15)20-12-3-1-11(9-18)2-4-12/h1-8,10,20H,(H,19,21). The monoisotopic (exact) mass is 390 g/mol. The first-order valence-electron chi connectivity index (χ1n) is 6.98. The Balaban J connectivity index is 1.70. The minimum Gasteiger partial charge on any atom is -0.354 e. The fourth-order valence-electron chi connectivity index (χ4n) is 1.95. The predicted molar refractivity (Wildman–Crippen MR) is 98.8 cm³/mol. The smallest absolute Gasteiger partial charge is 0.272 e. The summed E-state index contributed by atoms with van der Waals surface area (Å²) in [6.45, 7) is 0.